The van der Waals surface area contributed by atoms with Crippen molar-refractivity contribution in [3.05, 3.63) is 40.2 Å². The highest BCUT2D eigenvalue weighted by molar-refractivity contribution is 7.15. The summed E-state index contributed by atoms with van der Waals surface area (Å²) in [5.41, 5.74) is 1.57. The van der Waals surface area contributed by atoms with E-state index in [0.29, 0.717) is 16.4 Å². The van der Waals surface area contributed by atoms with Crippen LogP contribution in [0.2, 0.25) is 0 Å². The molecule has 0 aliphatic carbocycles. The Morgan fingerprint density at radius 1 is 1.41 bits per heavy atom. The van der Waals surface area contributed by atoms with Crippen LogP contribution >= 0.6 is 11.3 Å². The van der Waals surface area contributed by atoms with Crippen LogP contribution in [0.25, 0.3) is 0 Å². The molecule has 0 bridgehead atoms. The third kappa shape index (κ3) is 2.43. The molecule has 0 saturated heterocycles. The fourth-order valence-corrected chi connectivity index (χ4v) is 2.15. The first-order valence-electron chi connectivity index (χ1n) is 5.01. The second-order valence-corrected chi connectivity index (χ2v) is 4.80. The van der Waals surface area contributed by atoms with E-state index in [0.717, 1.165) is 10.6 Å². The summed E-state index contributed by atoms with van der Waals surface area (Å²) >= 11 is 1.47. The van der Waals surface area contributed by atoms with Crippen molar-refractivity contribution in [1.29, 1.82) is 5.26 Å². The molecule has 0 saturated carbocycles. The van der Waals surface area contributed by atoms with Gasteiger partial charge in [0.2, 0.25) is 0 Å². The molecule has 0 aliphatic heterocycles. The highest BCUT2D eigenvalue weighted by Gasteiger charge is 2.07. The first kappa shape index (κ1) is 11.6. The summed E-state index contributed by atoms with van der Waals surface area (Å²) < 4.78 is 13.6. The van der Waals surface area contributed by atoms with Crippen LogP contribution in [0.3, 0.4) is 0 Å². The molecule has 3 nitrogen and oxygen atoms in total. The van der Waals surface area contributed by atoms with Crippen LogP contribution in [0.5, 0.6) is 0 Å². The van der Waals surface area contributed by atoms with Gasteiger partial charge in [-0.25, -0.2) is 9.37 Å². The van der Waals surface area contributed by atoms with E-state index in [-0.39, 0.29) is 0 Å². The van der Waals surface area contributed by atoms with E-state index in [2.05, 4.69) is 10.3 Å². The Kier molecular flexibility index (Phi) is 3.07. The Labute approximate surface area is 103 Å². The van der Waals surface area contributed by atoms with Crippen molar-refractivity contribution in [1.82, 2.24) is 4.98 Å². The molecule has 0 aliphatic rings. The topological polar surface area (TPSA) is 48.7 Å². The van der Waals surface area contributed by atoms with Crippen LogP contribution in [0.4, 0.5) is 15.2 Å². The predicted molar refractivity (Wildman–Crippen MR) is 66.0 cm³/mol. The number of halogens is 1. The maximum absolute atomic E-state index is 13.6. The fourth-order valence-electron chi connectivity index (χ4n) is 1.33. The van der Waals surface area contributed by atoms with Gasteiger partial charge in [0.15, 0.2) is 5.13 Å². The number of aryl methyl sites for hydroxylation is 2. The number of nitrogens with zero attached hydrogens (tertiary/aromatic N) is 2. The van der Waals surface area contributed by atoms with Gasteiger partial charge in [0.25, 0.3) is 0 Å². The molecule has 1 heterocycles. The molecule has 0 fully saturated rings. The minimum absolute atomic E-state index is 0.305. The second kappa shape index (κ2) is 4.52. The van der Waals surface area contributed by atoms with Crippen molar-refractivity contribution in [2.45, 2.75) is 13.8 Å². The molecule has 1 N–H and O–H groups in total. The van der Waals surface area contributed by atoms with E-state index < -0.39 is 5.82 Å². The Balaban J connectivity index is 2.28. The average molecular weight is 247 g/mol. The van der Waals surface area contributed by atoms with Crippen molar-refractivity contribution in [2.75, 3.05) is 5.32 Å². The normalized spacial score (nSPS) is 10.0. The lowest BCUT2D eigenvalue weighted by molar-refractivity contribution is 0.631. The van der Waals surface area contributed by atoms with Crippen molar-refractivity contribution >= 4 is 22.2 Å². The van der Waals surface area contributed by atoms with Crippen LogP contribution < -0.4 is 5.32 Å². The minimum Gasteiger partial charge on any atom is -0.329 e. The summed E-state index contributed by atoms with van der Waals surface area (Å²) in [6.45, 7) is 3.87. The van der Waals surface area contributed by atoms with Crippen molar-refractivity contribution in [3.63, 3.8) is 0 Å². The minimum atomic E-state index is -0.449. The summed E-state index contributed by atoms with van der Waals surface area (Å²) in [4.78, 5) is 5.36. The summed E-state index contributed by atoms with van der Waals surface area (Å²) in [6.07, 6.45) is 0. The van der Waals surface area contributed by atoms with Gasteiger partial charge in [0.1, 0.15) is 5.82 Å². The molecule has 0 spiro atoms. The number of nitrogens with one attached hydrogen (secondary N) is 1. The number of benzene rings is 1. The second-order valence-electron chi connectivity index (χ2n) is 3.59. The number of rotatable bonds is 2. The van der Waals surface area contributed by atoms with E-state index in [1.54, 1.807) is 12.1 Å². The largest absolute Gasteiger partial charge is 0.329 e. The predicted octanol–water partition coefficient (Wildman–Crippen LogP) is 3.51. The number of aromatic nitrogens is 1. The van der Waals surface area contributed by atoms with Crippen LogP contribution in [0.15, 0.2) is 18.2 Å². The van der Waals surface area contributed by atoms with E-state index in [1.807, 2.05) is 19.9 Å². The quantitative estimate of drug-likeness (QED) is 0.883. The SMILES string of the molecule is Cc1nc(Nc2ccc(C#N)cc2F)sc1C. The smallest absolute Gasteiger partial charge is 0.187 e. The van der Waals surface area contributed by atoms with E-state index in [1.165, 1.54) is 17.4 Å². The molecule has 2 rings (SSSR count). The van der Waals surface area contributed by atoms with E-state index in [9.17, 15) is 4.39 Å². The van der Waals surface area contributed by atoms with Crippen LogP contribution in [0.1, 0.15) is 16.1 Å². The fraction of sp³-hybridized carbons (Fsp3) is 0.167. The Hall–Kier alpha value is -1.93. The third-order valence-electron chi connectivity index (χ3n) is 2.37. The van der Waals surface area contributed by atoms with Gasteiger partial charge in [-0.05, 0) is 32.0 Å². The molecule has 1 aromatic heterocycles. The van der Waals surface area contributed by atoms with E-state index >= 15 is 0 Å². The lowest BCUT2D eigenvalue weighted by Gasteiger charge is -2.03. The first-order chi connectivity index (χ1) is 8.10. The zero-order chi connectivity index (χ0) is 12.4. The molecular formula is C12H10FN3S. The van der Waals surface area contributed by atoms with Crippen LogP contribution in [-0.2, 0) is 0 Å². The molecule has 2 aromatic rings. The lowest BCUT2D eigenvalue weighted by atomic mass is 10.2. The standard InChI is InChI=1S/C12H10FN3S/c1-7-8(2)17-12(15-7)16-11-4-3-9(6-14)5-10(11)13/h3-5H,1-2H3,(H,15,16). The van der Waals surface area contributed by atoms with Gasteiger partial charge in [-0.1, -0.05) is 0 Å². The summed E-state index contributed by atoms with van der Waals surface area (Å²) in [5.74, 6) is -0.449. The molecule has 5 heteroatoms. The summed E-state index contributed by atoms with van der Waals surface area (Å²) in [6, 6.07) is 6.21. The van der Waals surface area contributed by atoms with Gasteiger partial charge in [0, 0.05) is 4.88 Å². The maximum atomic E-state index is 13.6. The number of thiazole rings is 1. The molecule has 86 valence electrons. The number of nitriles is 1. The van der Waals surface area contributed by atoms with Crippen LogP contribution in [0, 0.1) is 31.0 Å². The molecule has 0 atom stereocenters. The third-order valence-corrected chi connectivity index (χ3v) is 3.36. The molecule has 0 unspecified atom stereocenters. The highest BCUT2D eigenvalue weighted by atomic mass is 32.1. The Morgan fingerprint density at radius 3 is 2.71 bits per heavy atom. The average Bonchev–Trinajstić information content (AvgIpc) is 2.61. The summed E-state index contributed by atoms with van der Waals surface area (Å²) in [7, 11) is 0. The maximum Gasteiger partial charge on any atom is 0.187 e. The first-order valence-corrected chi connectivity index (χ1v) is 5.82. The van der Waals surface area contributed by atoms with Gasteiger partial charge in [-0.2, -0.15) is 5.26 Å². The number of hydrogen-bond donors (Lipinski definition) is 1. The number of hydrogen-bond acceptors (Lipinski definition) is 4. The molecular weight excluding hydrogens is 237 g/mol. The molecule has 1 aromatic carbocycles. The van der Waals surface area contributed by atoms with Crippen LogP contribution in [-0.4, -0.2) is 4.98 Å². The summed E-state index contributed by atoms with van der Waals surface area (Å²) in [5, 5.41) is 12.2. The molecule has 0 amide bonds. The molecule has 0 radical (unpaired) electrons. The van der Waals surface area contributed by atoms with Crippen molar-refractivity contribution in [2.24, 2.45) is 0 Å². The molecule has 17 heavy (non-hydrogen) atoms. The zero-order valence-corrected chi connectivity index (χ0v) is 10.2. The lowest BCUT2D eigenvalue weighted by Crippen LogP contribution is -1.93. The monoisotopic (exact) mass is 247 g/mol. The van der Waals surface area contributed by atoms with E-state index in [4.69, 9.17) is 5.26 Å². The van der Waals surface area contributed by atoms with Gasteiger partial charge >= 0.3 is 0 Å². The van der Waals surface area contributed by atoms with Crippen molar-refractivity contribution < 1.29 is 4.39 Å². The van der Waals surface area contributed by atoms with Gasteiger partial charge in [-0.3, -0.25) is 0 Å². The number of anilines is 2. The van der Waals surface area contributed by atoms with Crippen molar-refractivity contribution in [3.8, 4) is 6.07 Å². The Bertz CT molecular complexity index is 579. The van der Waals surface area contributed by atoms with Gasteiger partial charge in [-0.15, -0.1) is 11.3 Å². The highest BCUT2D eigenvalue weighted by Crippen LogP contribution is 2.26. The zero-order valence-electron chi connectivity index (χ0n) is 9.41. The van der Waals surface area contributed by atoms with Gasteiger partial charge in [0.05, 0.1) is 23.0 Å². The van der Waals surface area contributed by atoms with Gasteiger partial charge < -0.3 is 5.32 Å². The Morgan fingerprint density at radius 2 is 2.18 bits per heavy atom.